The van der Waals surface area contributed by atoms with E-state index in [1.54, 1.807) is 0 Å². The van der Waals surface area contributed by atoms with Gasteiger partial charge in [0.25, 0.3) is 0 Å². The number of carbonyl (C=O) groups excluding carboxylic acids is 2. The maximum absolute atomic E-state index is 12.1. The molecule has 1 saturated carbocycles. The summed E-state index contributed by atoms with van der Waals surface area (Å²) >= 11 is 0. The molecular formula is C26H36N4O2. The van der Waals surface area contributed by atoms with Crippen LogP contribution < -0.4 is 21.3 Å². The van der Waals surface area contributed by atoms with E-state index < -0.39 is 0 Å². The summed E-state index contributed by atoms with van der Waals surface area (Å²) in [7, 11) is 0. The van der Waals surface area contributed by atoms with Crippen LogP contribution in [0.2, 0.25) is 0 Å². The summed E-state index contributed by atoms with van der Waals surface area (Å²) in [4.78, 5) is 24.2. The highest BCUT2D eigenvalue weighted by Crippen LogP contribution is 2.28. The third-order valence-electron chi connectivity index (χ3n) is 6.08. The van der Waals surface area contributed by atoms with Gasteiger partial charge in [0, 0.05) is 26.2 Å². The van der Waals surface area contributed by atoms with E-state index in [0.717, 1.165) is 38.5 Å². The second-order valence-corrected chi connectivity index (χ2v) is 8.64. The zero-order valence-corrected chi connectivity index (χ0v) is 18.8. The van der Waals surface area contributed by atoms with Crippen LogP contribution in [0.5, 0.6) is 0 Å². The molecule has 0 radical (unpaired) electrons. The molecule has 6 heteroatoms. The van der Waals surface area contributed by atoms with Crippen molar-refractivity contribution in [3.05, 3.63) is 71.8 Å². The molecule has 1 aliphatic rings. The van der Waals surface area contributed by atoms with Crippen molar-refractivity contribution < 1.29 is 9.59 Å². The molecule has 32 heavy (non-hydrogen) atoms. The van der Waals surface area contributed by atoms with Gasteiger partial charge in [0.2, 0.25) is 0 Å². The Bertz CT molecular complexity index is 746. The Balaban J connectivity index is 1.25. The molecule has 4 amide bonds. The fraction of sp³-hybridized carbons (Fsp3) is 0.462. The minimum Gasteiger partial charge on any atom is -0.338 e. The molecule has 6 nitrogen and oxygen atoms in total. The fourth-order valence-corrected chi connectivity index (χ4v) is 4.30. The van der Waals surface area contributed by atoms with Gasteiger partial charge >= 0.3 is 12.1 Å². The van der Waals surface area contributed by atoms with Crippen molar-refractivity contribution in [2.45, 2.75) is 38.5 Å². The highest BCUT2D eigenvalue weighted by atomic mass is 16.2. The first kappa shape index (κ1) is 23.6. The van der Waals surface area contributed by atoms with Crippen LogP contribution >= 0.6 is 0 Å². The van der Waals surface area contributed by atoms with Gasteiger partial charge in [-0.25, -0.2) is 9.59 Å². The molecule has 2 aromatic rings. The highest BCUT2D eigenvalue weighted by molar-refractivity contribution is 5.74. The average molecular weight is 437 g/mol. The summed E-state index contributed by atoms with van der Waals surface area (Å²) in [6.07, 6.45) is 6.10. The minimum atomic E-state index is -0.0982. The second kappa shape index (κ2) is 13.4. The molecule has 0 saturated heterocycles. The number of hydrogen-bond acceptors (Lipinski definition) is 2. The lowest BCUT2D eigenvalue weighted by atomic mass is 9.81. The van der Waals surface area contributed by atoms with E-state index in [1.165, 1.54) is 11.1 Å². The number of benzene rings is 2. The molecule has 4 N–H and O–H groups in total. The predicted molar refractivity (Wildman–Crippen MR) is 129 cm³/mol. The van der Waals surface area contributed by atoms with Gasteiger partial charge in [-0.05, 0) is 55.1 Å². The summed E-state index contributed by atoms with van der Waals surface area (Å²) in [5.74, 6) is 0.938. The largest absolute Gasteiger partial charge is 0.338 e. The van der Waals surface area contributed by atoms with E-state index in [2.05, 4.69) is 45.5 Å². The van der Waals surface area contributed by atoms with Crippen LogP contribution in [-0.4, -0.2) is 38.2 Å². The first-order chi connectivity index (χ1) is 15.7. The summed E-state index contributed by atoms with van der Waals surface area (Å²) < 4.78 is 0. The van der Waals surface area contributed by atoms with Crippen LogP contribution in [0.25, 0.3) is 0 Å². The van der Waals surface area contributed by atoms with Gasteiger partial charge in [0.15, 0.2) is 0 Å². The van der Waals surface area contributed by atoms with Crippen LogP contribution in [0.3, 0.4) is 0 Å². The van der Waals surface area contributed by atoms with E-state index in [0.29, 0.717) is 38.0 Å². The van der Waals surface area contributed by atoms with Gasteiger partial charge in [0.05, 0.1) is 0 Å². The summed E-state index contributed by atoms with van der Waals surface area (Å²) in [6.45, 7) is 2.65. The van der Waals surface area contributed by atoms with Gasteiger partial charge in [-0.15, -0.1) is 0 Å². The summed E-state index contributed by atoms with van der Waals surface area (Å²) in [6, 6.07) is 20.1. The predicted octanol–water partition coefficient (Wildman–Crippen LogP) is 3.88. The Kier molecular flexibility index (Phi) is 9.90. The number of amides is 4. The average Bonchev–Trinajstić information content (AvgIpc) is 2.83. The lowest BCUT2D eigenvalue weighted by molar-refractivity contribution is 0.222. The third kappa shape index (κ3) is 9.00. The zero-order valence-electron chi connectivity index (χ0n) is 18.8. The second-order valence-electron chi connectivity index (χ2n) is 8.64. The zero-order chi connectivity index (χ0) is 22.4. The molecule has 1 aliphatic carbocycles. The Labute approximate surface area is 191 Å². The highest BCUT2D eigenvalue weighted by Gasteiger charge is 2.22. The van der Waals surface area contributed by atoms with Crippen LogP contribution in [0.4, 0.5) is 9.59 Å². The van der Waals surface area contributed by atoms with Crippen LogP contribution in [0.15, 0.2) is 60.7 Å². The number of nitrogens with one attached hydrogen (secondary N) is 4. The third-order valence-corrected chi connectivity index (χ3v) is 6.08. The fourth-order valence-electron chi connectivity index (χ4n) is 4.30. The Morgan fingerprint density at radius 1 is 0.656 bits per heavy atom. The minimum absolute atomic E-state index is 0.0982. The van der Waals surface area contributed by atoms with Gasteiger partial charge in [0.1, 0.15) is 0 Å². The lowest BCUT2D eigenvalue weighted by Gasteiger charge is -2.29. The van der Waals surface area contributed by atoms with Gasteiger partial charge < -0.3 is 21.3 Å². The number of urea groups is 2. The molecule has 0 aliphatic heterocycles. The topological polar surface area (TPSA) is 82.3 Å². The maximum Gasteiger partial charge on any atom is 0.314 e. The van der Waals surface area contributed by atoms with E-state index in [9.17, 15) is 9.59 Å². The summed E-state index contributed by atoms with van der Waals surface area (Å²) in [5.41, 5.74) is 2.44. The van der Waals surface area contributed by atoms with Gasteiger partial charge in [-0.2, -0.15) is 0 Å². The molecule has 3 rings (SSSR count). The quantitative estimate of drug-likeness (QED) is 0.456. The first-order valence-corrected chi connectivity index (χ1v) is 11.8. The molecule has 2 aromatic carbocycles. The smallest absolute Gasteiger partial charge is 0.314 e. The Morgan fingerprint density at radius 2 is 1.09 bits per heavy atom. The van der Waals surface area contributed by atoms with Crippen LogP contribution in [0.1, 0.15) is 36.8 Å². The van der Waals surface area contributed by atoms with E-state index >= 15 is 0 Å². The van der Waals surface area contributed by atoms with Gasteiger partial charge in [-0.3, -0.25) is 0 Å². The number of carbonyl (C=O) groups is 2. The first-order valence-electron chi connectivity index (χ1n) is 11.8. The van der Waals surface area contributed by atoms with Crippen molar-refractivity contribution in [2.24, 2.45) is 11.8 Å². The van der Waals surface area contributed by atoms with Crippen molar-refractivity contribution in [3.63, 3.8) is 0 Å². The molecule has 0 bridgehead atoms. The Hall–Kier alpha value is -3.02. The SMILES string of the molecule is O=C(NCCc1ccccc1)NC[C@@H]1CCC[C@@H](CNC(=O)NCCc2ccccc2)C1. The molecule has 172 valence electrons. The van der Waals surface area contributed by atoms with Crippen molar-refractivity contribution in [2.75, 3.05) is 26.2 Å². The van der Waals surface area contributed by atoms with Gasteiger partial charge in [-0.1, -0.05) is 67.1 Å². The monoisotopic (exact) mass is 436 g/mol. The summed E-state index contributed by atoms with van der Waals surface area (Å²) in [5, 5.41) is 11.9. The van der Waals surface area contributed by atoms with Crippen molar-refractivity contribution in [1.82, 2.24) is 21.3 Å². The van der Waals surface area contributed by atoms with E-state index in [1.807, 2.05) is 36.4 Å². The van der Waals surface area contributed by atoms with E-state index in [-0.39, 0.29) is 12.1 Å². The standard InChI is InChI=1S/C26H36N4O2/c31-25(27-16-14-21-8-3-1-4-9-21)29-19-23-12-7-13-24(18-23)20-30-26(32)28-17-15-22-10-5-2-6-11-22/h1-6,8-11,23-24H,7,12-20H2,(H2,27,29,31)(H2,28,30,32)/t23-,24-/m1/s1. The lowest BCUT2D eigenvalue weighted by Crippen LogP contribution is -2.42. The normalized spacial score (nSPS) is 17.9. The molecule has 0 unspecified atom stereocenters. The van der Waals surface area contributed by atoms with Crippen LogP contribution in [0, 0.1) is 11.8 Å². The van der Waals surface area contributed by atoms with E-state index in [4.69, 9.17) is 0 Å². The number of hydrogen-bond donors (Lipinski definition) is 4. The van der Waals surface area contributed by atoms with Crippen LogP contribution in [-0.2, 0) is 12.8 Å². The van der Waals surface area contributed by atoms with Crippen molar-refractivity contribution in [3.8, 4) is 0 Å². The molecule has 0 spiro atoms. The maximum atomic E-state index is 12.1. The molecule has 0 heterocycles. The molecular weight excluding hydrogens is 400 g/mol. The molecule has 0 aromatic heterocycles. The van der Waals surface area contributed by atoms with Crippen molar-refractivity contribution >= 4 is 12.1 Å². The molecule has 2 atom stereocenters. The molecule has 1 fully saturated rings. The Morgan fingerprint density at radius 3 is 1.53 bits per heavy atom. The van der Waals surface area contributed by atoms with Crippen molar-refractivity contribution in [1.29, 1.82) is 0 Å². The number of rotatable bonds is 10.